The van der Waals surface area contributed by atoms with E-state index in [2.05, 4.69) is 22.5 Å². The molecule has 7 heteroatoms. The van der Waals surface area contributed by atoms with Gasteiger partial charge in [0.05, 0.1) is 22.1 Å². The van der Waals surface area contributed by atoms with Crippen LogP contribution in [-0.4, -0.2) is 5.91 Å². The first kappa shape index (κ1) is 19.9. The Balaban J connectivity index is 1.53. The van der Waals surface area contributed by atoms with Gasteiger partial charge in [0, 0.05) is 23.1 Å². The summed E-state index contributed by atoms with van der Waals surface area (Å²) in [5, 5.41) is 10.8. The maximum atomic E-state index is 13.9. The molecule has 0 saturated heterocycles. The molecule has 0 radical (unpaired) electrons. The molecule has 1 aromatic heterocycles. The fraction of sp³-hybridized carbons (Fsp3) is 0.292. The lowest BCUT2D eigenvalue weighted by Gasteiger charge is -2.44. The predicted molar refractivity (Wildman–Crippen MR) is 119 cm³/mol. The number of carbonyl (C=O) groups is 1. The molecule has 1 fully saturated rings. The zero-order valence-corrected chi connectivity index (χ0v) is 17.7. The van der Waals surface area contributed by atoms with Crippen molar-refractivity contribution in [2.45, 2.75) is 44.2 Å². The van der Waals surface area contributed by atoms with Crippen molar-refractivity contribution in [1.29, 1.82) is 0 Å². The number of furan rings is 1. The van der Waals surface area contributed by atoms with Gasteiger partial charge in [-0.05, 0) is 31.0 Å². The Morgan fingerprint density at radius 1 is 1.23 bits per heavy atom. The number of nitrogens with one attached hydrogen (secondary N) is 3. The van der Waals surface area contributed by atoms with Gasteiger partial charge in [-0.15, -0.1) is 0 Å². The van der Waals surface area contributed by atoms with Crippen LogP contribution in [0.2, 0.25) is 5.02 Å². The summed E-state index contributed by atoms with van der Waals surface area (Å²) in [6.07, 6.45) is 5.23. The molecule has 5 nitrogen and oxygen atoms in total. The number of hydrogen-bond acceptors (Lipinski definition) is 4. The highest BCUT2D eigenvalue weighted by Crippen LogP contribution is 2.49. The highest BCUT2D eigenvalue weighted by molar-refractivity contribution is 6.34. The van der Waals surface area contributed by atoms with Gasteiger partial charge in [-0.2, -0.15) is 0 Å². The molecule has 2 aromatic carbocycles. The first-order valence-electron chi connectivity index (χ1n) is 10.5. The third kappa shape index (κ3) is 3.45. The van der Waals surface area contributed by atoms with Crippen LogP contribution >= 0.6 is 11.6 Å². The van der Waals surface area contributed by atoms with Crippen molar-refractivity contribution in [3.05, 3.63) is 76.5 Å². The Labute approximate surface area is 184 Å². The minimum absolute atomic E-state index is 0.0777. The largest absolute Gasteiger partial charge is 0.450 e. The average Bonchev–Trinajstić information content (AvgIpc) is 3.17. The minimum Gasteiger partial charge on any atom is -0.450 e. The van der Waals surface area contributed by atoms with Crippen LogP contribution in [0.1, 0.15) is 53.8 Å². The first-order valence-corrected chi connectivity index (χ1v) is 10.9. The van der Waals surface area contributed by atoms with Gasteiger partial charge in [0.1, 0.15) is 11.4 Å². The molecule has 3 aromatic rings. The van der Waals surface area contributed by atoms with Crippen LogP contribution in [0, 0.1) is 5.82 Å². The van der Waals surface area contributed by atoms with Gasteiger partial charge in [0.2, 0.25) is 0 Å². The fourth-order valence-corrected chi connectivity index (χ4v) is 5.07. The molecular weight excluding hydrogens is 417 g/mol. The maximum Gasteiger partial charge on any atom is 0.287 e. The van der Waals surface area contributed by atoms with Crippen molar-refractivity contribution in [3.8, 4) is 0 Å². The molecule has 0 unspecified atom stereocenters. The van der Waals surface area contributed by atoms with Crippen LogP contribution in [0.15, 0.2) is 53.2 Å². The van der Waals surface area contributed by atoms with E-state index in [1.54, 1.807) is 30.3 Å². The number of rotatable bonds is 3. The summed E-state index contributed by atoms with van der Waals surface area (Å²) in [4.78, 5) is 12.8. The topological polar surface area (TPSA) is 66.3 Å². The van der Waals surface area contributed by atoms with E-state index in [0.29, 0.717) is 22.0 Å². The fourth-order valence-electron chi connectivity index (χ4n) is 4.81. The quantitative estimate of drug-likeness (QED) is 0.482. The average molecular weight is 440 g/mol. The third-order valence-electron chi connectivity index (χ3n) is 6.23. The molecule has 31 heavy (non-hydrogen) atoms. The Kier molecular flexibility index (Phi) is 4.89. The Hall–Kier alpha value is -2.99. The molecule has 1 amide bonds. The predicted octanol–water partition coefficient (Wildman–Crippen LogP) is 5.80. The Morgan fingerprint density at radius 3 is 2.77 bits per heavy atom. The zero-order chi connectivity index (χ0) is 21.6. The molecule has 2 heterocycles. The summed E-state index contributed by atoms with van der Waals surface area (Å²) in [5.41, 5.74) is 2.48. The molecule has 160 valence electrons. The third-order valence-corrected chi connectivity index (χ3v) is 6.53. The Bertz CT molecular complexity index is 1200. The van der Waals surface area contributed by atoms with Gasteiger partial charge in [0.25, 0.3) is 5.91 Å². The van der Waals surface area contributed by atoms with E-state index >= 15 is 0 Å². The summed E-state index contributed by atoms with van der Waals surface area (Å²) >= 11 is 6.62. The number of fused-ring (bicyclic) bond motifs is 4. The van der Waals surface area contributed by atoms with Gasteiger partial charge in [0.15, 0.2) is 5.76 Å². The van der Waals surface area contributed by atoms with Gasteiger partial charge < -0.3 is 20.4 Å². The van der Waals surface area contributed by atoms with Crippen LogP contribution in [0.4, 0.5) is 10.1 Å². The summed E-state index contributed by atoms with van der Waals surface area (Å²) in [7, 11) is 0. The molecule has 1 saturated carbocycles. The maximum absolute atomic E-state index is 13.9. The molecule has 0 bridgehead atoms. The van der Waals surface area contributed by atoms with E-state index in [4.69, 9.17) is 16.0 Å². The van der Waals surface area contributed by atoms with Crippen LogP contribution in [0.3, 0.4) is 0 Å². The van der Waals surface area contributed by atoms with E-state index in [9.17, 15) is 9.18 Å². The number of anilines is 1. The minimum atomic E-state index is -0.400. The molecule has 2 aliphatic rings. The second-order valence-electron chi connectivity index (χ2n) is 8.28. The molecular formula is C24H23ClFN3O2. The van der Waals surface area contributed by atoms with Crippen molar-refractivity contribution in [1.82, 2.24) is 10.6 Å². The number of hydrogen-bond donors (Lipinski definition) is 3. The van der Waals surface area contributed by atoms with Crippen LogP contribution in [0.5, 0.6) is 0 Å². The van der Waals surface area contributed by atoms with E-state index in [1.165, 1.54) is 12.5 Å². The lowest BCUT2D eigenvalue weighted by molar-refractivity contribution is 0.0924. The number of amides is 1. The van der Waals surface area contributed by atoms with Crippen molar-refractivity contribution in [2.75, 3.05) is 5.32 Å². The highest BCUT2D eigenvalue weighted by Gasteiger charge is 2.42. The summed E-state index contributed by atoms with van der Waals surface area (Å²) in [6, 6.07) is 9.85. The standard InChI is InChI=1S/C24H23ClFN3O2/c1-14-28-21-17(25)11-16-12-19(23(30)27-13-15-7-3-4-8-18(15)26)31-22(16)20(21)24(29-14)9-5-2-6-10-24/h3-4,7-8,11-12,28-29H,1-2,5-6,9-10,13H2,(H,27,30). The molecule has 5 rings (SSSR count). The second-order valence-corrected chi connectivity index (χ2v) is 8.69. The van der Waals surface area contributed by atoms with Crippen LogP contribution in [0.25, 0.3) is 11.0 Å². The van der Waals surface area contributed by atoms with Crippen molar-refractivity contribution in [3.63, 3.8) is 0 Å². The van der Waals surface area contributed by atoms with Crippen LogP contribution < -0.4 is 16.0 Å². The van der Waals surface area contributed by atoms with Crippen molar-refractivity contribution >= 4 is 34.2 Å². The van der Waals surface area contributed by atoms with E-state index in [0.717, 1.165) is 42.3 Å². The van der Waals surface area contributed by atoms with Crippen LogP contribution in [-0.2, 0) is 12.1 Å². The van der Waals surface area contributed by atoms with E-state index in [-0.39, 0.29) is 23.7 Å². The first-order chi connectivity index (χ1) is 15.0. The summed E-state index contributed by atoms with van der Waals surface area (Å²) in [6.45, 7) is 4.15. The second kappa shape index (κ2) is 7.61. The van der Waals surface area contributed by atoms with Crippen molar-refractivity contribution < 1.29 is 13.6 Å². The van der Waals surface area contributed by atoms with E-state index < -0.39 is 5.91 Å². The molecule has 1 aliphatic heterocycles. The van der Waals surface area contributed by atoms with Gasteiger partial charge in [-0.3, -0.25) is 4.79 Å². The van der Waals surface area contributed by atoms with Gasteiger partial charge >= 0.3 is 0 Å². The normalized spacial score (nSPS) is 17.2. The molecule has 1 spiro atoms. The SMILES string of the molecule is C=C1Nc2c(Cl)cc3cc(C(=O)NCc4ccccc4F)oc3c2C2(CCCCC2)N1. The smallest absolute Gasteiger partial charge is 0.287 e. The number of benzene rings is 2. The molecule has 0 atom stereocenters. The Morgan fingerprint density at radius 2 is 2.00 bits per heavy atom. The number of halogens is 2. The number of carbonyl (C=O) groups excluding carboxylic acids is 1. The van der Waals surface area contributed by atoms with Gasteiger partial charge in [-0.1, -0.05) is 55.6 Å². The highest BCUT2D eigenvalue weighted by atomic mass is 35.5. The monoisotopic (exact) mass is 439 g/mol. The molecule has 1 aliphatic carbocycles. The van der Waals surface area contributed by atoms with Gasteiger partial charge in [-0.25, -0.2) is 4.39 Å². The lowest BCUT2D eigenvalue weighted by atomic mass is 9.74. The summed E-state index contributed by atoms with van der Waals surface area (Å²) in [5.74, 6) is 0.129. The van der Waals surface area contributed by atoms with E-state index in [1.807, 2.05) is 0 Å². The zero-order valence-electron chi connectivity index (χ0n) is 17.0. The lowest BCUT2D eigenvalue weighted by Crippen LogP contribution is -2.48. The summed E-state index contributed by atoms with van der Waals surface area (Å²) < 4.78 is 20.0. The van der Waals surface area contributed by atoms with Crippen molar-refractivity contribution in [2.24, 2.45) is 0 Å². The molecule has 3 N–H and O–H groups in total.